The van der Waals surface area contributed by atoms with E-state index < -0.39 is 11.5 Å². The molecule has 0 atom stereocenters. The van der Waals surface area contributed by atoms with E-state index in [-0.39, 0.29) is 5.69 Å². The first-order valence-corrected chi connectivity index (χ1v) is 7.02. The Morgan fingerprint density at radius 2 is 2.22 bits per heavy atom. The third kappa shape index (κ3) is 3.05. The number of para-hydroxylation sites is 1. The SMILES string of the molecule is COc1ccccc1C(=O)Nc1cnc(N2CCC=N2)[nH]c1=O. The molecule has 3 rings (SSSR count). The number of aromatic nitrogens is 2. The summed E-state index contributed by atoms with van der Waals surface area (Å²) in [6, 6.07) is 6.76. The van der Waals surface area contributed by atoms with Crippen molar-refractivity contribution < 1.29 is 9.53 Å². The van der Waals surface area contributed by atoms with Crippen molar-refractivity contribution in [2.75, 3.05) is 24.0 Å². The summed E-state index contributed by atoms with van der Waals surface area (Å²) in [5.74, 6) is 0.332. The van der Waals surface area contributed by atoms with Crippen LogP contribution in [0.4, 0.5) is 11.6 Å². The van der Waals surface area contributed by atoms with Gasteiger partial charge in [0, 0.05) is 19.2 Å². The molecule has 1 aliphatic rings. The average molecular weight is 313 g/mol. The van der Waals surface area contributed by atoms with Crippen LogP contribution in [0.3, 0.4) is 0 Å². The van der Waals surface area contributed by atoms with E-state index in [0.717, 1.165) is 6.42 Å². The minimum absolute atomic E-state index is 0.0628. The number of benzene rings is 1. The van der Waals surface area contributed by atoms with Crippen LogP contribution in [0, 0.1) is 0 Å². The standard InChI is InChI=1S/C15H15N5O3/c1-23-12-6-3-2-5-10(12)13(21)18-11-9-16-15(19-14(11)22)20-8-4-7-17-20/h2-3,5-7,9H,4,8H2,1H3,(H,18,21)(H,16,19,22). The number of carbonyl (C=O) groups excluding carboxylic acids is 1. The van der Waals surface area contributed by atoms with Gasteiger partial charge in [-0.05, 0) is 12.1 Å². The van der Waals surface area contributed by atoms with Gasteiger partial charge in [0.1, 0.15) is 11.4 Å². The summed E-state index contributed by atoms with van der Waals surface area (Å²) in [6.07, 6.45) is 3.86. The Hall–Kier alpha value is -3.16. The number of carbonyl (C=O) groups is 1. The van der Waals surface area contributed by atoms with E-state index in [1.807, 2.05) is 0 Å². The molecule has 23 heavy (non-hydrogen) atoms. The molecule has 8 nitrogen and oxygen atoms in total. The summed E-state index contributed by atoms with van der Waals surface area (Å²) in [5.41, 5.74) is -0.0456. The van der Waals surface area contributed by atoms with Crippen LogP contribution in [0.25, 0.3) is 0 Å². The van der Waals surface area contributed by atoms with Crippen LogP contribution in [0.1, 0.15) is 16.8 Å². The molecule has 0 radical (unpaired) electrons. The lowest BCUT2D eigenvalue weighted by molar-refractivity contribution is 0.102. The number of nitrogens with one attached hydrogen (secondary N) is 2. The van der Waals surface area contributed by atoms with E-state index >= 15 is 0 Å². The number of methoxy groups -OCH3 is 1. The van der Waals surface area contributed by atoms with Crippen LogP contribution >= 0.6 is 0 Å². The minimum atomic E-state index is -0.444. The van der Waals surface area contributed by atoms with E-state index in [9.17, 15) is 9.59 Å². The number of nitrogens with zero attached hydrogens (tertiary/aromatic N) is 3. The Morgan fingerprint density at radius 3 is 2.91 bits per heavy atom. The molecule has 118 valence electrons. The number of H-pyrrole nitrogens is 1. The number of aromatic amines is 1. The Labute approximate surface area is 131 Å². The maximum Gasteiger partial charge on any atom is 0.276 e. The first-order chi connectivity index (χ1) is 11.2. The number of anilines is 2. The molecule has 0 saturated carbocycles. The van der Waals surface area contributed by atoms with Crippen molar-refractivity contribution in [3.63, 3.8) is 0 Å². The normalized spacial score (nSPS) is 13.2. The highest BCUT2D eigenvalue weighted by molar-refractivity contribution is 6.06. The Morgan fingerprint density at radius 1 is 1.39 bits per heavy atom. The first-order valence-electron chi connectivity index (χ1n) is 7.02. The number of rotatable bonds is 4. The van der Waals surface area contributed by atoms with E-state index in [0.29, 0.717) is 23.8 Å². The van der Waals surface area contributed by atoms with Crippen molar-refractivity contribution in [3.8, 4) is 5.75 Å². The predicted molar refractivity (Wildman–Crippen MR) is 86.3 cm³/mol. The molecule has 0 aliphatic carbocycles. The highest BCUT2D eigenvalue weighted by Crippen LogP contribution is 2.18. The first kappa shape index (κ1) is 14.8. The molecule has 2 heterocycles. The van der Waals surface area contributed by atoms with Crippen molar-refractivity contribution in [3.05, 3.63) is 46.4 Å². The maximum absolute atomic E-state index is 12.3. The van der Waals surface area contributed by atoms with Gasteiger partial charge < -0.3 is 10.1 Å². The fourth-order valence-electron chi connectivity index (χ4n) is 2.18. The van der Waals surface area contributed by atoms with Crippen LogP contribution in [-0.2, 0) is 0 Å². The fraction of sp³-hybridized carbons (Fsp3) is 0.200. The molecular formula is C15H15N5O3. The molecule has 0 unspecified atom stereocenters. The molecule has 1 amide bonds. The monoisotopic (exact) mass is 313 g/mol. The molecule has 2 N–H and O–H groups in total. The van der Waals surface area contributed by atoms with Crippen molar-refractivity contribution >= 4 is 23.8 Å². The van der Waals surface area contributed by atoms with Crippen molar-refractivity contribution in [1.29, 1.82) is 0 Å². The molecule has 0 bridgehead atoms. The zero-order valence-corrected chi connectivity index (χ0v) is 12.4. The number of hydrogen-bond acceptors (Lipinski definition) is 6. The number of amides is 1. The summed E-state index contributed by atoms with van der Waals surface area (Å²) in [6.45, 7) is 0.663. The van der Waals surface area contributed by atoms with Gasteiger partial charge in [-0.25, -0.2) is 9.99 Å². The lowest BCUT2D eigenvalue weighted by Crippen LogP contribution is -2.24. The van der Waals surface area contributed by atoms with Gasteiger partial charge in [-0.15, -0.1) is 0 Å². The van der Waals surface area contributed by atoms with Gasteiger partial charge in [-0.2, -0.15) is 5.10 Å². The van der Waals surface area contributed by atoms with Gasteiger partial charge in [-0.3, -0.25) is 14.6 Å². The minimum Gasteiger partial charge on any atom is -0.496 e. The summed E-state index contributed by atoms with van der Waals surface area (Å²) in [5, 5.41) is 8.21. The Kier molecular flexibility index (Phi) is 4.05. The lowest BCUT2D eigenvalue weighted by Gasteiger charge is -2.12. The highest BCUT2D eigenvalue weighted by atomic mass is 16.5. The maximum atomic E-state index is 12.3. The lowest BCUT2D eigenvalue weighted by atomic mass is 10.2. The highest BCUT2D eigenvalue weighted by Gasteiger charge is 2.16. The van der Waals surface area contributed by atoms with E-state index in [4.69, 9.17) is 4.74 Å². The van der Waals surface area contributed by atoms with Crippen molar-refractivity contribution in [2.45, 2.75) is 6.42 Å². The van der Waals surface area contributed by atoms with Gasteiger partial charge >= 0.3 is 0 Å². The van der Waals surface area contributed by atoms with Gasteiger partial charge in [0.25, 0.3) is 11.5 Å². The van der Waals surface area contributed by atoms with E-state index in [2.05, 4.69) is 20.4 Å². The van der Waals surface area contributed by atoms with Gasteiger partial charge in [0.2, 0.25) is 5.95 Å². The van der Waals surface area contributed by atoms with Crippen LogP contribution < -0.4 is 20.6 Å². The van der Waals surface area contributed by atoms with Crippen LogP contribution in [0.2, 0.25) is 0 Å². The summed E-state index contributed by atoms with van der Waals surface area (Å²) < 4.78 is 5.14. The van der Waals surface area contributed by atoms with Crippen molar-refractivity contribution in [2.24, 2.45) is 5.10 Å². The fourth-order valence-corrected chi connectivity index (χ4v) is 2.18. The molecular weight excluding hydrogens is 298 g/mol. The second-order valence-electron chi connectivity index (χ2n) is 4.81. The third-order valence-electron chi connectivity index (χ3n) is 3.32. The zero-order valence-electron chi connectivity index (χ0n) is 12.4. The van der Waals surface area contributed by atoms with E-state index in [1.54, 1.807) is 35.5 Å². The topological polar surface area (TPSA) is 99.7 Å². The second-order valence-corrected chi connectivity index (χ2v) is 4.81. The number of hydrazone groups is 1. The van der Waals surface area contributed by atoms with Crippen LogP contribution in [-0.4, -0.2) is 35.7 Å². The molecule has 1 aromatic carbocycles. The summed E-state index contributed by atoms with van der Waals surface area (Å²) >= 11 is 0. The van der Waals surface area contributed by atoms with Crippen LogP contribution in [0.15, 0.2) is 40.4 Å². The molecule has 0 saturated heterocycles. The third-order valence-corrected chi connectivity index (χ3v) is 3.32. The molecule has 0 fully saturated rings. The average Bonchev–Trinajstić information content (AvgIpc) is 3.11. The summed E-state index contributed by atoms with van der Waals surface area (Å²) in [4.78, 5) is 31.1. The largest absolute Gasteiger partial charge is 0.496 e. The number of hydrogen-bond donors (Lipinski definition) is 2. The molecule has 1 aromatic heterocycles. The Bertz CT molecular complexity index is 815. The summed E-state index contributed by atoms with van der Waals surface area (Å²) in [7, 11) is 1.48. The van der Waals surface area contributed by atoms with Crippen molar-refractivity contribution in [1.82, 2.24) is 9.97 Å². The quantitative estimate of drug-likeness (QED) is 0.884. The number of ether oxygens (including phenoxy) is 1. The van der Waals surface area contributed by atoms with E-state index in [1.165, 1.54) is 13.3 Å². The van der Waals surface area contributed by atoms with Gasteiger partial charge in [0.15, 0.2) is 0 Å². The zero-order chi connectivity index (χ0) is 16.2. The molecule has 8 heteroatoms. The van der Waals surface area contributed by atoms with Gasteiger partial charge in [0.05, 0.1) is 18.9 Å². The van der Waals surface area contributed by atoms with Gasteiger partial charge in [-0.1, -0.05) is 12.1 Å². The van der Waals surface area contributed by atoms with Crippen LogP contribution in [0.5, 0.6) is 5.75 Å². The molecule has 1 aliphatic heterocycles. The predicted octanol–water partition coefficient (Wildman–Crippen LogP) is 1.23. The Balaban J connectivity index is 1.81. The smallest absolute Gasteiger partial charge is 0.276 e. The second kappa shape index (κ2) is 6.30. The molecule has 0 spiro atoms. The molecule has 2 aromatic rings.